The molecule has 0 unspecified atom stereocenters. The summed E-state index contributed by atoms with van der Waals surface area (Å²) in [7, 11) is -3.47. The van der Waals surface area contributed by atoms with Crippen LogP contribution in [0.4, 0.5) is 0 Å². The Hall–Kier alpha value is -1.93. The van der Waals surface area contributed by atoms with Crippen molar-refractivity contribution >= 4 is 10.0 Å². The van der Waals surface area contributed by atoms with E-state index in [1.807, 2.05) is 0 Å². The van der Waals surface area contributed by atoms with Crippen LogP contribution in [0.5, 0.6) is 5.75 Å². The zero-order valence-corrected chi connectivity index (χ0v) is 19.3. The van der Waals surface area contributed by atoms with Crippen molar-refractivity contribution in [2.45, 2.75) is 49.1 Å². The van der Waals surface area contributed by atoms with Gasteiger partial charge in [0.05, 0.1) is 18.1 Å². The summed E-state index contributed by atoms with van der Waals surface area (Å²) in [5, 5.41) is 0. The summed E-state index contributed by atoms with van der Waals surface area (Å²) in [6.07, 6.45) is 6.17. The molecule has 5 rings (SSSR count). The Labute approximate surface area is 191 Å². The first-order valence-corrected chi connectivity index (χ1v) is 13.2. The maximum Gasteiger partial charge on any atom is 0.243 e. The summed E-state index contributed by atoms with van der Waals surface area (Å²) < 4.78 is 38.4. The molecule has 1 saturated carbocycles. The van der Waals surface area contributed by atoms with Gasteiger partial charge in [-0.3, -0.25) is 4.90 Å². The van der Waals surface area contributed by atoms with Crippen LogP contribution >= 0.6 is 0 Å². The molecule has 0 radical (unpaired) electrons. The number of benzene rings is 2. The van der Waals surface area contributed by atoms with Crippen LogP contribution in [0.1, 0.15) is 42.9 Å². The van der Waals surface area contributed by atoms with Crippen LogP contribution in [0.2, 0.25) is 0 Å². The molecular formula is C25H32N2O4S. The Morgan fingerprint density at radius 2 is 1.75 bits per heavy atom. The van der Waals surface area contributed by atoms with Crippen molar-refractivity contribution in [1.29, 1.82) is 0 Å². The van der Waals surface area contributed by atoms with Gasteiger partial charge < -0.3 is 9.47 Å². The molecule has 2 aromatic rings. The molecule has 0 N–H and O–H groups in total. The molecule has 32 heavy (non-hydrogen) atoms. The molecular weight excluding hydrogens is 424 g/mol. The lowest BCUT2D eigenvalue weighted by Crippen LogP contribution is -2.40. The summed E-state index contributed by atoms with van der Waals surface area (Å²) in [5.41, 5.74) is 2.98. The van der Waals surface area contributed by atoms with Crippen LogP contribution in [0, 0.1) is 0 Å². The number of sulfonamides is 1. The van der Waals surface area contributed by atoms with Crippen molar-refractivity contribution in [3.05, 3.63) is 59.7 Å². The van der Waals surface area contributed by atoms with Gasteiger partial charge in [0.1, 0.15) is 12.4 Å². The molecule has 0 bridgehead atoms. The lowest BCUT2D eigenvalue weighted by molar-refractivity contribution is 0.0730. The smallest absolute Gasteiger partial charge is 0.243 e. The standard InChI is InChI=1S/C25H32N2O4S/c28-32(29,26-14-17-30-18-15-26)23-12-10-22(11-13-23)31-19-16-27(21-8-9-21)25-7-3-5-20-4-1-2-6-24(20)25/h1-2,4,6,10-13,21,25H,3,5,7-9,14-19H2/t25-/m1/s1. The van der Waals surface area contributed by atoms with Crippen molar-refractivity contribution in [2.75, 3.05) is 39.5 Å². The molecule has 2 aliphatic carbocycles. The third-order valence-electron chi connectivity index (χ3n) is 6.80. The first-order valence-electron chi connectivity index (χ1n) is 11.8. The van der Waals surface area contributed by atoms with Crippen LogP contribution in [-0.2, 0) is 21.2 Å². The second-order valence-corrected chi connectivity index (χ2v) is 10.9. The molecule has 1 atom stereocenters. The van der Waals surface area contributed by atoms with Gasteiger partial charge in [-0.15, -0.1) is 0 Å². The highest BCUT2D eigenvalue weighted by atomic mass is 32.2. The molecule has 172 valence electrons. The quantitative estimate of drug-likeness (QED) is 0.607. The summed E-state index contributed by atoms with van der Waals surface area (Å²) in [4.78, 5) is 2.94. The fourth-order valence-corrected chi connectivity index (χ4v) is 6.39. The van der Waals surface area contributed by atoms with Gasteiger partial charge in [0.15, 0.2) is 0 Å². The SMILES string of the molecule is O=S(=O)(c1ccc(OCCN(C2CC2)[C@@H]2CCCc3ccccc32)cc1)N1CCOCC1. The predicted octanol–water partition coefficient (Wildman–Crippen LogP) is 3.63. The lowest BCUT2D eigenvalue weighted by Gasteiger charge is -2.36. The Bertz CT molecular complexity index is 1010. The first-order chi connectivity index (χ1) is 15.6. The van der Waals surface area contributed by atoms with Gasteiger partial charge in [-0.25, -0.2) is 8.42 Å². The number of fused-ring (bicyclic) bond motifs is 1. The number of rotatable bonds is 8. The molecule has 1 aliphatic heterocycles. The first kappa shape index (κ1) is 21.9. The van der Waals surface area contributed by atoms with E-state index in [0.717, 1.165) is 6.54 Å². The molecule has 0 spiro atoms. The van der Waals surface area contributed by atoms with Gasteiger partial charge in [-0.05, 0) is 67.5 Å². The summed E-state index contributed by atoms with van der Waals surface area (Å²) in [6, 6.07) is 16.9. The Balaban J connectivity index is 1.20. The molecule has 7 heteroatoms. The van der Waals surface area contributed by atoms with E-state index in [1.54, 1.807) is 24.3 Å². The molecule has 2 fully saturated rings. The highest BCUT2D eigenvalue weighted by molar-refractivity contribution is 7.89. The largest absolute Gasteiger partial charge is 0.492 e. The van der Waals surface area contributed by atoms with E-state index in [0.29, 0.717) is 55.6 Å². The molecule has 0 amide bonds. The van der Waals surface area contributed by atoms with E-state index in [1.165, 1.54) is 47.5 Å². The van der Waals surface area contributed by atoms with Gasteiger partial charge in [-0.1, -0.05) is 24.3 Å². The van der Waals surface area contributed by atoms with Gasteiger partial charge in [-0.2, -0.15) is 4.31 Å². The zero-order chi connectivity index (χ0) is 22.0. The maximum atomic E-state index is 12.8. The van der Waals surface area contributed by atoms with Crippen LogP contribution in [-0.4, -0.2) is 63.1 Å². The highest BCUT2D eigenvalue weighted by Gasteiger charge is 2.36. The number of morpholine rings is 1. The van der Waals surface area contributed by atoms with Crippen molar-refractivity contribution in [3.63, 3.8) is 0 Å². The third-order valence-corrected chi connectivity index (χ3v) is 8.72. The molecule has 3 aliphatic rings. The van der Waals surface area contributed by atoms with E-state index in [2.05, 4.69) is 29.2 Å². The Morgan fingerprint density at radius 1 is 1.00 bits per heavy atom. The van der Waals surface area contributed by atoms with Crippen LogP contribution in [0.15, 0.2) is 53.4 Å². The van der Waals surface area contributed by atoms with Crippen LogP contribution in [0.25, 0.3) is 0 Å². The summed E-state index contributed by atoms with van der Waals surface area (Å²) in [6.45, 7) is 3.19. The molecule has 6 nitrogen and oxygen atoms in total. The van der Waals surface area contributed by atoms with Gasteiger partial charge >= 0.3 is 0 Å². The number of hydrogen-bond acceptors (Lipinski definition) is 5. The van der Waals surface area contributed by atoms with Gasteiger partial charge in [0, 0.05) is 31.7 Å². The van der Waals surface area contributed by atoms with Crippen molar-refractivity contribution < 1.29 is 17.9 Å². The maximum absolute atomic E-state index is 12.8. The molecule has 1 heterocycles. The minimum atomic E-state index is -3.47. The number of aryl methyl sites for hydroxylation is 1. The minimum Gasteiger partial charge on any atom is -0.492 e. The van der Waals surface area contributed by atoms with Crippen molar-refractivity contribution in [2.24, 2.45) is 0 Å². The fourth-order valence-electron chi connectivity index (χ4n) is 4.98. The number of ether oxygens (including phenoxy) is 2. The zero-order valence-electron chi connectivity index (χ0n) is 18.5. The minimum absolute atomic E-state index is 0.310. The monoisotopic (exact) mass is 456 g/mol. The van der Waals surface area contributed by atoms with E-state index in [-0.39, 0.29) is 0 Å². The normalized spacial score (nSPS) is 22.0. The summed E-state index contributed by atoms with van der Waals surface area (Å²) in [5.74, 6) is 0.714. The third kappa shape index (κ3) is 4.71. The van der Waals surface area contributed by atoms with Crippen LogP contribution < -0.4 is 4.74 Å². The second kappa shape index (κ2) is 9.51. The van der Waals surface area contributed by atoms with E-state index in [9.17, 15) is 8.42 Å². The van der Waals surface area contributed by atoms with Crippen molar-refractivity contribution in [3.8, 4) is 5.75 Å². The van der Waals surface area contributed by atoms with Crippen LogP contribution in [0.3, 0.4) is 0 Å². The van der Waals surface area contributed by atoms with Gasteiger partial charge in [0.2, 0.25) is 10.0 Å². The summed E-state index contributed by atoms with van der Waals surface area (Å²) >= 11 is 0. The predicted molar refractivity (Wildman–Crippen MR) is 123 cm³/mol. The lowest BCUT2D eigenvalue weighted by atomic mass is 9.86. The van der Waals surface area contributed by atoms with Gasteiger partial charge in [0.25, 0.3) is 0 Å². The molecule has 1 saturated heterocycles. The second-order valence-electron chi connectivity index (χ2n) is 8.91. The molecule has 2 aromatic carbocycles. The topological polar surface area (TPSA) is 59.1 Å². The van der Waals surface area contributed by atoms with E-state index < -0.39 is 10.0 Å². The average molecular weight is 457 g/mol. The fraction of sp³-hybridized carbons (Fsp3) is 0.520. The molecule has 0 aromatic heterocycles. The number of hydrogen-bond donors (Lipinski definition) is 0. The Kier molecular flexibility index (Phi) is 6.51. The highest BCUT2D eigenvalue weighted by Crippen LogP contribution is 2.40. The van der Waals surface area contributed by atoms with Crippen molar-refractivity contribution in [1.82, 2.24) is 9.21 Å². The van der Waals surface area contributed by atoms with E-state index in [4.69, 9.17) is 9.47 Å². The Morgan fingerprint density at radius 3 is 2.50 bits per heavy atom. The average Bonchev–Trinajstić information content (AvgIpc) is 3.68. The van der Waals surface area contributed by atoms with E-state index >= 15 is 0 Å². The number of nitrogens with zero attached hydrogens (tertiary/aromatic N) is 2.